The average molecular weight is 430 g/mol. The molecule has 1 aliphatic heterocycles. The number of ether oxygens (including phenoxy) is 2. The summed E-state index contributed by atoms with van der Waals surface area (Å²) in [5.74, 6) is -0.963. The number of Topliss-reactive ketones (excluding diaryl/α,β-unsaturated/α-hetero) is 1. The van der Waals surface area contributed by atoms with Gasteiger partial charge in [-0.15, -0.1) is 0 Å². The van der Waals surface area contributed by atoms with Crippen molar-refractivity contribution in [2.24, 2.45) is 0 Å². The molecule has 158 valence electrons. The molecule has 2 aromatic carbocycles. The van der Waals surface area contributed by atoms with E-state index in [1.807, 2.05) is 19.1 Å². The van der Waals surface area contributed by atoms with Crippen molar-refractivity contribution in [1.29, 1.82) is 0 Å². The molecule has 0 aromatic heterocycles. The van der Waals surface area contributed by atoms with Crippen LogP contribution in [0.3, 0.4) is 0 Å². The molecule has 7 heteroatoms. The summed E-state index contributed by atoms with van der Waals surface area (Å²) in [6, 6.07) is 13.0. The monoisotopic (exact) mass is 429 g/mol. The third-order valence-electron chi connectivity index (χ3n) is 4.89. The molecule has 1 N–H and O–H groups in total. The molecule has 3 rings (SSSR count). The third-order valence-corrected chi connectivity index (χ3v) is 5.14. The van der Waals surface area contributed by atoms with Crippen molar-refractivity contribution in [3.8, 4) is 5.75 Å². The lowest BCUT2D eigenvalue weighted by atomic mass is 9.95. The maximum absolute atomic E-state index is 12.9. The van der Waals surface area contributed by atoms with Crippen LogP contribution in [0.2, 0.25) is 5.02 Å². The number of hydrogen-bond donors (Lipinski definition) is 1. The fourth-order valence-electron chi connectivity index (χ4n) is 3.54. The SMILES string of the molecule is CCOc1cccc(C2C(=C(O)c3ccc(Cl)cc3)C(=O)C(=O)N2CCCOC)c1. The molecule has 2 aromatic rings. The number of benzene rings is 2. The summed E-state index contributed by atoms with van der Waals surface area (Å²) in [5.41, 5.74) is 1.15. The van der Waals surface area contributed by atoms with Crippen LogP contribution in [0.15, 0.2) is 54.1 Å². The molecular weight excluding hydrogens is 406 g/mol. The molecule has 1 saturated heterocycles. The number of likely N-dealkylation sites (tertiary alicyclic amines) is 1. The highest BCUT2D eigenvalue weighted by molar-refractivity contribution is 6.46. The topological polar surface area (TPSA) is 76.1 Å². The van der Waals surface area contributed by atoms with Crippen LogP contribution in [0.4, 0.5) is 0 Å². The quantitative estimate of drug-likeness (QED) is 0.294. The van der Waals surface area contributed by atoms with Crippen molar-refractivity contribution in [1.82, 2.24) is 4.90 Å². The van der Waals surface area contributed by atoms with Gasteiger partial charge in [-0.3, -0.25) is 9.59 Å². The number of aliphatic hydroxyl groups excluding tert-OH is 1. The predicted molar refractivity (Wildman–Crippen MR) is 115 cm³/mol. The summed E-state index contributed by atoms with van der Waals surface area (Å²) >= 11 is 5.94. The second-order valence-corrected chi connectivity index (χ2v) is 7.29. The van der Waals surface area contributed by atoms with Crippen molar-refractivity contribution in [2.45, 2.75) is 19.4 Å². The number of rotatable bonds is 8. The number of nitrogens with zero attached hydrogens (tertiary/aromatic N) is 1. The molecule has 1 fully saturated rings. The van der Waals surface area contributed by atoms with E-state index in [-0.39, 0.29) is 11.3 Å². The van der Waals surface area contributed by atoms with Crippen LogP contribution in [0.5, 0.6) is 5.75 Å². The van der Waals surface area contributed by atoms with Crippen molar-refractivity contribution in [2.75, 3.05) is 26.9 Å². The Labute approximate surface area is 180 Å². The van der Waals surface area contributed by atoms with Gasteiger partial charge in [0.25, 0.3) is 11.7 Å². The Kier molecular flexibility index (Phi) is 7.13. The zero-order valence-electron chi connectivity index (χ0n) is 16.9. The number of ketones is 1. The highest BCUT2D eigenvalue weighted by Gasteiger charge is 2.45. The molecule has 0 saturated carbocycles. The van der Waals surface area contributed by atoms with Gasteiger partial charge >= 0.3 is 0 Å². The number of aliphatic hydroxyl groups is 1. The molecule has 0 bridgehead atoms. The molecule has 0 aliphatic carbocycles. The van der Waals surface area contributed by atoms with E-state index >= 15 is 0 Å². The second kappa shape index (κ2) is 9.78. The van der Waals surface area contributed by atoms with Gasteiger partial charge in [0, 0.05) is 30.8 Å². The second-order valence-electron chi connectivity index (χ2n) is 6.85. The number of hydrogen-bond acceptors (Lipinski definition) is 5. The number of halogens is 1. The van der Waals surface area contributed by atoms with Crippen LogP contribution < -0.4 is 4.74 Å². The van der Waals surface area contributed by atoms with Crippen molar-refractivity contribution >= 4 is 29.1 Å². The lowest BCUT2D eigenvalue weighted by molar-refractivity contribution is -0.140. The number of carbonyl (C=O) groups is 2. The van der Waals surface area contributed by atoms with Crippen molar-refractivity contribution in [3.05, 3.63) is 70.3 Å². The highest BCUT2D eigenvalue weighted by atomic mass is 35.5. The molecule has 30 heavy (non-hydrogen) atoms. The summed E-state index contributed by atoms with van der Waals surface area (Å²) in [4.78, 5) is 27.2. The van der Waals surface area contributed by atoms with Crippen LogP contribution in [0.1, 0.15) is 30.5 Å². The zero-order valence-corrected chi connectivity index (χ0v) is 17.7. The van der Waals surface area contributed by atoms with Gasteiger partial charge in [-0.1, -0.05) is 23.7 Å². The summed E-state index contributed by atoms with van der Waals surface area (Å²) < 4.78 is 10.7. The Morgan fingerprint density at radius 1 is 1.17 bits per heavy atom. The Hall–Kier alpha value is -2.83. The van der Waals surface area contributed by atoms with E-state index in [2.05, 4.69) is 0 Å². The van der Waals surface area contributed by atoms with Gasteiger partial charge in [0.1, 0.15) is 11.5 Å². The lowest BCUT2D eigenvalue weighted by Crippen LogP contribution is -2.31. The van der Waals surface area contributed by atoms with E-state index in [1.54, 1.807) is 43.5 Å². The molecule has 0 spiro atoms. The van der Waals surface area contributed by atoms with Crippen LogP contribution in [0.25, 0.3) is 5.76 Å². The predicted octanol–water partition coefficient (Wildman–Crippen LogP) is 4.20. The smallest absolute Gasteiger partial charge is 0.295 e. The molecule has 1 amide bonds. The molecule has 6 nitrogen and oxygen atoms in total. The van der Waals surface area contributed by atoms with E-state index in [0.717, 1.165) is 0 Å². The first-order valence-corrected chi connectivity index (χ1v) is 10.1. The molecule has 1 unspecified atom stereocenters. The Morgan fingerprint density at radius 2 is 1.90 bits per heavy atom. The first-order chi connectivity index (χ1) is 14.5. The first kappa shape index (κ1) is 21.9. The molecule has 1 atom stereocenters. The minimum absolute atomic E-state index is 0.0494. The molecule has 0 radical (unpaired) electrons. The summed E-state index contributed by atoms with van der Waals surface area (Å²) in [5, 5.41) is 11.5. The van der Waals surface area contributed by atoms with Gasteiger partial charge in [0.15, 0.2) is 0 Å². The summed E-state index contributed by atoms with van der Waals surface area (Å²) in [6.45, 7) is 3.14. The minimum atomic E-state index is -0.724. The third kappa shape index (κ3) is 4.50. The van der Waals surface area contributed by atoms with E-state index in [0.29, 0.717) is 48.1 Å². The fourth-order valence-corrected chi connectivity index (χ4v) is 3.67. The Bertz CT molecular complexity index is 954. The van der Waals surface area contributed by atoms with Gasteiger partial charge in [-0.2, -0.15) is 0 Å². The van der Waals surface area contributed by atoms with Crippen LogP contribution in [-0.2, 0) is 14.3 Å². The summed E-state index contributed by atoms with van der Waals surface area (Å²) in [6.07, 6.45) is 0.562. The molecule has 1 aliphatic rings. The molecule has 1 heterocycles. The van der Waals surface area contributed by atoms with Gasteiger partial charge in [0.2, 0.25) is 0 Å². The van der Waals surface area contributed by atoms with E-state index in [4.69, 9.17) is 21.1 Å². The van der Waals surface area contributed by atoms with E-state index in [1.165, 1.54) is 4.90 Å². The highest BCUT2D eigenvalue weighted by Crippen LogP contribution is 2.40. The van der Waals surface area contributed by atoms with Gasteiger partial charge < -0.3 is 19.5 Å². The fraction of sp³-hybridized carbons (Fsp3) is 0.304. The van der Waals surface area contributed by atoms with Crippen molar-refractivity contribution in [3.63, 3.8) is 0 Å². The Balaban J connectivity index is 2.11. The normalized spacial score (nSPS) is 18.1. The number of amides is 1. The minimum Gasteiger partial charge on any atom is -0.507 e. The van der Waals surface area contributed by atoms with Crippen LogP contribution >= 0.6 is 11.6 Å². The van der Waals surface area contributed by atoms with Gasteiger partial charge in [-0.05, 0) is 55.3 Å². The van der Waals surface area contributed by atoms with E-state index in [9.17, 15) is 14.7 Å². The maximum atomic E-state index is 12.9. The van der Waals surface area contributed by atoms with Crippen LogP contribution in [0, 0.1) is 0 Å². The Morgan fingerprint density at radius 3 is 2.57 bits per heavy atom. The van der Waals surface area contributed by atoms with Gasteiger partial charge in [-0.25, -0.2) is 0 Å². The average Bonchev–Trinajstić information content (AvgIpc) is 2.99. The van der Waals surface area contributed by atoms with Crippen LogP contribution in [-0.4, -0.2) is 48.6 Å². The zero-order chi connectivity index (χ0) is 21.7. The lowest BCUT2D eigenvalue weighted by Gasteiger charge is -2.25. The van der Waals surface area contributed by atoms with Gasteiger partial charge in [0.05, 0.1) is 18.2 Å². The van der Waals surface area contributed by atoms with Crippen molar-refractivity contribution < 1.29 is 24.2 Å². The first-order valence-electron chi connectivity index (χ1n) is 9.74. The maximum Gasteiger partial charge on any atom is 0.295 e. The summed E-state index contributed by atoms with van der Waals surface area (Å²) in [7, 11) is 1.58. The molecular formula is C23H24ClNO5. The largest absolute Gasteiger partial charge is 0.507 e. The van der Waals surface area contributed by atoms with E-state index < -0.39 is 17.7 Å². The standard InChI is InChI=1S/C23H24ClNO5/c1-3-30-18-7-4-6-16(14-18)20-19(21(26)15-8-10-17(24)11-9-15)22(27)23(28)25(20)12-5-13-29-2/h4,6-11,14,20,26H,3,5,12-13H2,1-2H3. The number of methoxy groups -OCH3 is 1. The number of carbonyl (C=O) groups excluding carboxylic acids is 2.